The molecule has 1 saturated carbocycles. The molecule has 1 aliphatic carbocycles. The number of hydrogen-bond donors (Lipinski definition) is 0. The quantitative estimate of drug-likeness (QED) is 0.740. The molecule has 0 unspecified atom stereocenters. The lowest BCUT2D eigenvalue weighted by Crippen LogP contribution is -2.42. The monoisotopic (exact) mass is 283 g/mol. The number of likely N-dealkylation sites (tertiary alicyclic amines) is 1. The molecule has 3 heteroatoms. The Morgan fingerprint density at radius 3 is 2.50 bits per heavy atom. The summed E-state index contributed by atoms with van der Waals surface area (Å²) in [5, 5.41) is 1.34. The molecule has 1 aromatic carbocycles. The van der Waals surface area contributed by atoms with Gasteiger partial charge in [0.05, 0.1) is 10.0 Å². The van der Waals surface area contributed by atoms with Gasteiger partial charge in [0.15, 0.2) is 0 Å². The SMILES string of the molecule is CC(C)(C)N1C[C@H]2C[C@@]2(c2ccc(Cl)c(Cl)c2)C1. The molecule has 0 spiro atoms. The summed E-state index contributed by atoms with van der Waals surface area (Å²) in [6.45, 7) is 9.24. The highest BCUT2D eigenvalue weighted by atomic mass is 35.5. The fourth-order valence-corrected chi connectivity index (χ4v) is 3.54. The molecule has 2 atom stereocenters. The molecule has 1 saturated heterocycles. The smallest absolute Gasteiger partial charge is 0.0595 e. The highest BCUT2D eigenvalue weighted by Crippen LogP contribution is 2.60. The molecule has 0 aromatic heterocycles. The lowest BCUT2D eigenvalue weighted by molar-refractivity contribution is 0.152. The van der Waals surface area contributed by atoms with Crippen LogP contribution in [0.15, 0.2) is 18.2 Å². The van der Waals surface area contributed by atoms with Crippen molar-refractivity contribution >= 4 is 23.2 Å². The standard InChI is InChI=1S/C15H19Cl2N/c1-14(2,3)18-8-11-7-15(11,9-18)10-4-5-12(16)13(17)6-10/h4-6,11H,7-9H2,1-3H3/t11-,15+/m1/s1. The number of nitrogens with zero attached hydrogens (tertiary/aromatic N) is 1. The Hall–Kier alpha value is -0.240. The van der Waals surface area contributed by atoms with Crippen molar-refractivity contribution in [2.45, 2.75) is 38.1 Å². The zero-order chi connectivity index (χ0) is 13.1. The van der Waals surface area contributed by atoms with Crippen molar-refractivity contribution in [2.24, 2.45) is 5.92 Å². The third-order valence-electron chi connectivity index (χ3n) is 4.59. The van der Waals surface area contributed by atoms with Crippen LogP contribution in [0.5, 0.6) is 0 Å². The Kier molecular flexibility index (Phi) is 2.75. The molecule has 0 N–H and O–H groups in total. The molecule has 98 valence electrons. The highest BCUT2D eigenvalue weighted by molar-refractivity contribution is 6.42. The summed E-state index contributed by atoms with van der Waals surface area (Å²) in [7, 11) is 0. The molecule has 2 fully saturated rings. The summed E-state index contributed by atoms with van der Waals surface area (Å²) in [6, 6.07) is 6.15. The Labute approximate surface area is 119 Å². The van der Waals surface area contributed by atoms with E-state index in [1.54, 1.807) is 0 Å². The van der Waals surface area contributed by atoms with E-state index in [4.69, 9.17) is 23.2 Å². The van der Waals surface area contributed by atoms with Crippen molar-refractivity contribution in [3.8, 4) is 0 Å². The summed E-state index contributed by atoms with van der Waals surface area (Å²) in [5.41, 5.74) is 1.98. The van der Waals surface area contributed by atoms with Crippen molar-refractivity contribution in [3.05, 3.63) is 33.8 Å². The van der Waals surface area contributed by atoms with Gasteiger partial charge < -0.3 is 0 Å². The van der Waals surface area contributed by atoms with E-state index in [9.17, 15) is 0 Å². The highest BCUT2D eigenvalue weighted by Gasteiger charge is 2.61. The maximum Gasteiger partial charge on any atom is 0.0595 e. The van der Waals surface area contributed by atoms with E-state index in [0.29, 0.717) is 15.5 Å². The predicted octanol–water partition coefficient (Wildman–Crippen LogP) is 4.37. The molecule has 2 aliphatic rings. The van der Waals surface area contributed by atoms with Gasteiger partial charge in [0.25, 0.3) is 0 Å². The second-order valence-corrected chi connectivity index (χ2v) is 7.55. The number of hydrogen-bond acceptors (Lipinski definition) is 1. The number of halogens is 2. The molecular formula is C15H19Cl2N. The van der Waals surface area contributed by atoms with Crippen LogP contribution < -0.4 is 0 Å². The Bertz CT molecular complexity index is 492. The molecule has 1 heterocycles. The molecule has 18 heavy (non-hydrogen) atoms. The Morgan fingerprint density at radius 1 is 1.22 bits per heavy atom. The van der Waals surface area contributed by atoms with Crippen molar-refractivity contribution in [1.29, 1.82) is 0 Å². The first-order chi connectivity index (χ1) is 8.33. The van der Waals surface area contributed by atoms with Crippen LogP contribution >= 0.6 is 23.2 Å². The molecule has 1 aliphatic heterocycles. The Morgan fingerprint density at radius 2 is 1.94 bits per heavy atom. The van der Waals surface area contributed by atoms with Gasteiger partial charge in [-0.1, -0.05) is 29.3 Å². The predicted molar refractivity (Wildman–Crippen MR) is 77.6 cm³/mol. The van der Waals surface area contributed by atoms with Crippen LogP contribution in [0.25, 0.3) is 0 Å². The minimum Gasteiger partial charge on any atom is -0.297 e. The van der Waals surface area contributed by atoms with Crippen LogP contribution in [0, 0.1) is 5.92 Å². The van der Waals surface area contributed by atoms with Gasteiger partial charge in [0.2, 0.25) is 0 Å². The van der Waals surface area contributed by atoms with Gasteiger partial charge in [0.1, 0.15) is 0 Å². The van der Waals surface area contributed by atoms with Gasteiger partial charge in [-0.3, -0.25) is 4.90 Å². The summed E-state index contributed by atoms with van der Waals surface area (Å²) in [4.78, 5) is 2.59. The third-order valence-corrected chi connectivity index (χ3v) is 5.33. The minimum absolute atomic E-state index is 0.261. The van der Waals surface area contributed by atoms with E-state index < -0.39 is 0 Å². The van der Waals surface area contributed by atoms with Crippen LogP contribution in [0.4, 0.5) is 0 Å². The summed E-state index contributed by atoms with van der Waals surface area (Å²) >= 11 is 12.2. The summed E-state index contributed by atoms with van der Waals surface area (Å²) in [6.07, 6.45) is 1.30. The van der Waals surface area contributed by atoms with Crippen LogP contribution in [0.2, 0.25) is 10.0 Å². The van der Waals surface area contributed by atoms with Crippen molar-refractivity contribution < 1.29 is 0 Å². The van der Waals surface area contributed by atoms with E-state index in [1.807, 2.05) is 6.07 Å². The topological polar surface area (TPSA) is 3.24 Å². The lowest BCUT2D eigenvalue weighted by Gasteiger charge is -2.34. The first-order valence-corrected chi connectivity index (χ1v) is 7.29. The summed E-state index contributed by atoms with van der Waals surface area (Å²) in [5.74, 6) is 0.800. The average molecular weight is 284 g/mol. The second kappa shape index (κ2) is 3.88. The van der Waals surface area contributed by atoms with Crippen molar-refractivity contribution in [1.82, 2.24) is 4.90 Å². The minimum atomic E-state index is 0.261. The van der Waals surface area contributed by atoms with Gasteiger partial charge in [-0.2, -0.15) is 0 Å². The number of rotatable bonds is 1. The first-order valence-electron chi connectivity index (χ1n) is 6.53. The molecule has 3 rings (SSSR count). The maximum atomic E-state index is 6.15. The van der Waals surface area contributed by atoms with Gasteiger partial charge in [-0.15, -0.1) is 0 Å². The number of fused-ring (bicyclic) bond motifs is 1. The number of piperidine rings is 1. The zero-order valence-corrected chi connectivity index (χ0v) is 12.6. The first kappa shape index (κ1) is 12.8. The normalized spacial score (nSPS) is 31.5. The van der Waals surface area contributed by atoms with Gasteiger partial charge in [0, 0.05) is 24.0 Å². The summed E-state index contributed by atoms with van der Waals surface area (Å²) < 4.78 is 0. The fraction of sp³-hybridized carbons (Fsp3) is 0.600. The maximum absolute atomic E-state index is 6.15. The van der Waals surface area contributed by atoms with Gasteiger partial charge >= 0.3 is 0 Å². The van der Waals surface area contributed by atoms with Gasteiger partial charge in [-0.05, 0) is 50.8 Å². The van der Waals surface area contributed by atoms with E-state index in [-0.39, 0.29) is 5.54 Å². The average Bonchev–Trinajstić information content (AvgIpc) is 2.84. The fourth-order valence-electron chi connectivity index (χ4n) is 3.25. The lowest BCUT2D eigenvalue weighted by atomic mass is 9.94. The van der Waals surface area contributed by atoms with Crippen molar-refractivity contribution in [2.75, 3.05) is 13.1 Å². The van der Waals surface area contributed by atoms with E-state index in [1.165, 1.54) is 18.5 Å². The third kappa shape index (κ3) is 1.88. The zero-order valence-electron chi connectivity index (χ0n) is 11.1. The van der Waals surface area contributed by atoms with E-state index >= 15 is 0 Å². The van der Waals surface area contributed by atoms with Crippen LogP contribution in [-0.2, 0) is 5.41 Å². The molecule has 0 amide bonds. The molecule has 1 nitrogen and oxygen atoms in total. The van der Waals surface area contributed by atoms with Gasteiger partial charge in [-0.25, -0.2) is 0 Å². The molecular weight excluding hydrogens is 265 g/mol. The van der Waals surface area contributed by atoms with E-state index in [0.717, 1.165) is 12.5 Å². The molecule has 0 radical (unpaired) electrons. The molecule has 1 aromatic rings. The van der Waals surface area contributed by atoms with Crippen LogP contribution in [0.1, 0.15) is 32.8 Å². The van der Waals surface area contributed by atoms with Crippen molar-refractivity contribution in [3.63, 3.8) is 0 Å². The van der Waals surface area contributed by atoms with E-state index in [2.05, 4.69) is 37.8 Å². The Balaban J connectivity index is 1.88. The number of benzene rings is 1. The van der Waals surface area contributed by atoms with Crippen LogP contribution in [0.3, 0.4) is 0 Å². The van der Waals surface area contributed by atoms with Crippen LogP contribution in [-0.4, -0.2) is 23.5 Å². The second-order valence-electron chi connectivity index (χ2n) is 6.74. The largest absolute Gasteiger partial charge is 0.297 e. The molecule has 0 bridgehead atoms.